The molecule has 0 atom stereocenters. The van der Waals surface area contributed by atoms with Crippen molar-refractivity contribution in [2.75, 3.05) is 11.9 Å². The maximum absolute atomic E-state index is 13.4. The number of amides is 1. The van der Waals surface area contributed by atoms with Gasteiger partial charge in [-0.25, -0.2) is 8.78 Å². The van der Waals surface area contributed by atoms with E-state index in [4.69, 9.17) is 4.74 Å². The van der Waals surface area contributed by atoms with Gasteiger partial charge in [0.2, 0.25) is 0 Å². The van der Waals surface area contributed by atoms with Gasteiger partial charge < -0.3 is 10.1 Å². The van der Waals surface area contributed by atoms with Crippen LogP contribution in [0.15, 0.2) is 36.4 Å². The summed E-state index contributed by atoms with van der Waals surface area (Å²) in [5.41, 5.74) is 1.75. The zero-order chi connectivity index (χ0) is 15.4. The molecule has 5 heteroatoms. The highest BCUT2D eigenvalue weighted by Crippen LogP contribution is 2.22. The van der Waals surface area contributed by atoms with Gasteiger partial charge in [-0.1, -0.05) is 18.2 Å². The number of carbonyl (C=O) groups is 1. The number of nitrogens with one attached hydrogen (secondary N) is 1. The first-order valence-electron chi connectivity index (χ1n) is 6.41. The molecule has 1 N–H and O–H groups in total. The van der Waals surface area contributed by atoms with Crippen LogP contribution in [-0.2, 0) is 4.79 Å². The molecule has 3 nitrogen and oxygen atoms in total. The fourth-order valence-electron chi connectivity index (χ4n) is 1.94. The fraction of sp³-hybridized carbons (Fsp3) is 0.188. The summed E-state index contributed by atoms with van der Waals surface area (Å²) in [6, 6.07) is 8.60. The minimum Gasteiger partial charge on any atom is -0.483 e. The number of hydrogen-bond acceptors (Lipinski definition) is 2. The second kappa shape index (κ2) is 6.35. The monoisotopic (exact) mass is 291 g/mol. The summed E-state index contributed by atoms with van der Waals surface area (Å²) in [6.07, 6.45) is 0. The SMILES string of the molecule is Cc1cccc(C)c1OCC(=O)Nc1ccc(F)cc1F. The molecule has 0 saturated carbocycles. The van der Waals surface area contributed by atoms with Gasteiger partial charge in [0.05, 0.1) is 5.69 Å². The van der Waals surface area contributed by atoms with Gasteiger partial charge in [0.1, 0.15) is 17.4 Å². The van der Waals surface area contributed by atoms with Crippen molar-refractivity contribution in [2.24, 2.45) is 0 Å². The van der Waals surface area contributed by atoms with E-state index in [2.05, 4.69) is 5.32 Å². The first-order chi connectivity index (χ1) is 9.97. The standard InChI is InChI=1S/C16H15F2NO2/c1-10-4-3-5-11(2)16(10)21-9-15(20)19-14-7-6-12(17)8-13(14)18/h3-8H,9H2,1-2H3,(H,19,20). The third-order valence-electron chi connectivity index (χ3n) is 2.96. The molecule has 0 aliphatic carbocycles. The third kappa shape index (κ3) is 3.78. The lowest BCUT2D eigenvalue weighted by atomic mass is 10.1. The van der Waals surface area contributed by atoms with E-state index in [0.29, 0.717) is 11.8 Å². The molecule has 2 aromatic carbocycles. The highest BCUT2D eigenvalue weighted by Gasteiger charge is 2.10. The van der Waals surface area contributed by atoms with Crippen molar-refractivity contribution in [2.45, 2.75) is 13.8 Å². The zero-order valence-corrected chi connectivity index (χ0v) is 11.7. The topological polar surface area (TPSA) is 38.3 Å². The number of carbonyl (C=O) groups excluding carboxylic acids is 1. The predicted octanol–water partition coefficient (Wildman–Crippen LogP) is 3.60. The van der Waals surface area contributed by atoms with Gasteiger partial charge in [0, 0.05) is 6.07 Å². The van der Waals surface area contributed by atoms with Gasteiger partial charge in [0.25, 0.3) is 5.91 Å². The van der Waals surface area contributed by atoms with Crippen LogP contribution in [0.3, 0.4) is 0 Å². The van der Waals surface area contributed by atoms with Crippen LogP contribution in [0.4, 0.5) is 14.5 Å². The Morgan fingerprint density at radius 2 is 1.81 bits per heavy atom. The maximum atomic E-state index is 13.4. The lowest BCUT2D eigenvalue weighted by molar-refractivity contribution is -0.118. The third-order valence-corrected chi connectivity index (χ3v) is 2.96. The molecule has 0 spiro atoms. The smallest absolute Gasteiger partial charge is 0.262 e. The Balaban J connectivity index is 1.99. The molecule has 0 unspecified atom stereocenters. The minimum absolute atomic E-state index is 0.0773. The van der Waals surface area contributed by atoms with Crippen molar-refractivity contribution in [3.63, 3.8) is 0 Å². The molecule has 110 valence electrons. The summed E-state index contributed by atoms with van der Waals surface area (Å²) < 4.78 is 31.6. The van der Waals surface area contributed by atoms with E-state index in [1.165, 1.54) is 6.07 Å². The van der Waals surface area contributed by atoms with E-state index >= 15 is 0 Å². The number of halogens is 2. The highest BCUT2D eigenvalue weighted by atomic mass is 19.1. The van der Waals surface area contributed by atoms with Crippen LogP contribution in [0.1, 0.15) is 11.1 Å². The molecule has 21 heavy (non-hydrogen) atoms. The van der Waals surface area contributed by atoms with Gasteiger partial charge in [-0.05, 0) is 37.1 Å². The van der Waals surface area contributed by atoms with E-state index in [-0.39, 0.29) is 12.3 Å². The molecule has 1 amide bonds. The Morgan fingerprint density at radius 3 is 2.43 bits per heavy atom. The Morgan fingerprint density at radius 1 is 1.14 bits per heavy atom. The molecule has 0 heterocycles. The Bertz CT molecular complexity index is 651. The van der Waals surface area contributed by atoms with Crippen molar-refractivity contribution < 1.29 is 18.3 Å². The van der Waals surface area contributed by atoms with Crippen LogP contribution < -0.4 is 10.1 Å². The number of para-hydroxylation sites is 1. The van der Waals surface area contributed by atoms with E-state index in [1.807, 2.05) is 32.0 Å². The number of anilines is 1. The lowest BCUT2D eigenvalue weighted by Gasteiger charge is -2.12. The molecule has 0 aromatic heterocycles. The van der Waals surface area contributed by atoms with Gasteiger partial charge >= 0.3 is 0 Å². The first-order valence-corrected chi connectivity index (χ1v) is 6.41. The molecule has 0 saturated heterocycles. The number of benzene rings is 2. The number of aryl methyl sites for hydroxylation is 2. The summed E-state index contributed by atoms with van der Waals surface area (Å²) in [6.45, 7) is 3.50. The summed E-state index contributed by atoms with van der Waals surface area (Å²) in [7, 11) is 0. The average Bonchev–Trinajstić information content (AvgIpc) is 2.41. The second-order valence-corrected chi connectivity index (χ2v) is 4.68. The predicted molar refractivity (Wildman–Crippen MR) is 76.4 cm³/mol. The van der Waals surface area contributed by atoms with E-state index < -0.39 is 17.5 Å². The van der Waals surface area contributed by atoms with Crippen LogP contribution in [0.5, 0.6) is 5.75 Å². The van der Waals surface area contributed by atoms with Crippen molar-refractivity contribution in [3.05, 3.63) is 59.2 Å². The minimum atomic E-state index is -0.824. The van der Waals surface area contributed by atoms with Gasteiger partial charge in [-0.3, -0.25) is 4.79 Å². The molecule has 2 aromatic rings. The van der Waals surface area contributed by atoms with Crippen LogP contribution in [0, 0.1) is 25.5 Å². The summed E-state index contributed by atoms with van der Waals surface area (Å²) >= 11 is 0. The lowest BCUT2D eigenvalue weighted by Crippen LogP contribution is -2.21. The molecule has 0 aliphatic heterocycles. The second-order valence-electron chi connectivity index (χ2n) is 4.68. The molecular weight excluding hydrogens is 276 g/mol. The van der Waals surface area contributed by atoms with Crippen LogP contribution in [0.25, 0.3) is 0 Å². The summed E-state index contributed by atoms with van der Waals surface area (Å²) in [5.74, 6) is -1.40. The van der Waals surface area contributed by atoms with Crippen molar-refractivity contribution in [3.8, 4) is 5.75 Å². The summed E-state index contributed by atoms with van der Waals surface area (Å²) in [5, 5.41) is 2.34. The average molecular weight is 291 g/mol. The van der Waals surface area contributed by atoms with Crippen molar-refractivity contribution in [1.29, 1.82) is 0 Å². The summed E-state index contributed by atoms with van der Waals surface area (Å²) in [4.78, 5) is 11.7. The van der Waals surface area contributed by atoms with Crippen LogP contribution >= 0.6 is 0 Å². The van der Waals surface area contributed by atoms with Crippen molar-refractivity contribution >= 4 is 11.6 Å². The quantitative estimate of drug-likeness (QED) is 0.934. The van der Waals surface area contributed by atoms with E-state index in [1.54, 1.807) is 0 Å². The zero-order valence-electron chi connectivity index (χ0n) is 11.7. The van der Waals surface area contributed by atoms with Gasteiger partial charge in [0.15, 0.2) is 6.61 Å². The van der Waals surface area contributed by atoms with Gasteiger partial charge in [-0.15, -0.1) is 0 Å². The number of rotatable bonds is 4. The first kappa shape index (κ1) is 15.0. The van der Waals surface area contributed by atoms with Crippen LogP contribution in [0.2, 0.25) is 0 Å². The normalized spacial score (nSPS) is 10.3. The number of ether oxygens (including phenoxy) is 1. The molecule has 0 fully saturated rings. The van der Waals surface area contributed by atoms with Crippen molar-refractivity contribution in [1.82, 2.24) is 0 Å². The molecular formula is C16H15F2NO2. The van der Waals surface area contributed by atoms with E-state index in [9.17, 15) is 13.6 Å². The molecule has 0 aliphatic rings. The largest absolute Gasteiger partial charge is 0.483 e. The highest BCUT2D eigenvalue weighted by molar-refractivity contribution is 5.92. The Hall–Kier alpha value is -2.43. The molecule has 0 radical (unpaired) electrons. The Labute approximate surface area is 121 Å². The van der Waals surface area contributed by atoms with E-state index in [0.717, 1.165) is 17.2 Å². The fourth-order valence-corrected chi connectivity index (χ4v) is 1.94. The number of hydrogen-bond donors (Lipinski definition) is 1. The van der Waals surface area contributed by atoms with Crippen LogP contribution in [-0.4, -0.2) is 12.5 Å². The van der Waals surface area contributed by atoms with Gasteiger partial charge in [-0.2, -0.15) is 0 Å². The molecule has 2 rings (SSSR count). The Kier molecular flexibility index (Phi) is 4.52. The molecule has 0 bridgehead atoms. The maximum Gasteiger partial charge on any atom is 0.262 e.